The summed E-state index contributed by atoms with van der Waals surface area (Å²) in [7, 11) is 0. The van der Waals surface area contributed by atoms with E-state index in [0.717, 1.165) is 20.6 Å². The van der Waals surface area contributed by atoms with Crippen LogP contribution in [0.25, 0.3) is 11.0 Å². The van der Waals surface area contributed by atoms with Crippen LogP contribution < -0.4 is 15.1 Å². The molecule has 32 heavy (non-hydrogen) atoms. The molecule has 1 amide bonds. The molecule has 1 unspecified atom stereocenters. The van der Waals surface area contributed by atoms with Crippen molar-refractivity contribution < 1.29 is 13.9 Å². The maximum Gasteiger partial charge on any atom is 0.297 e. The SMILES string of the molecule is CCOc1cccc(C2c3c(oc4ccc(Br)cc4c3=O)C(=O)N2c2nc(C)c(C)s2)c1. The molecule has 0 saturated carbocycles. The van der Waals surface area contributed by atoms with Crippen LogP contribution in [0, 0.1) is 13.8 Å². The van der Waals surface area contributed by atoms with Crippen LogP contribution in [-0.2, 0) is 0 Å². The van der Waals surface area contributed by atoms with Gasteiger partial charge in [-0.2, -0.15) is 0 Å². The van der Waals surface area contributed by atoms with E-state index in [4.69, 9.17) is 9.15 Å². The third kappa shape index (κ3) is 3.25. The summed E-state index contributed by atoms with van der Waals surface area (Å²) in [6, 6.07) is 12.0. The summed E-state index contributed by atoms with van der Waals surface area (Å²) in [5.74, 6) is 0.356. The molecule has 5 rings (SSSR count). The Morgan fingerprint density at radius 2 is 2.00 bits per heavy atom. The minimum absolute atomic E-state index is 0.0575. The number of anilines is 1. The Kier molecular flexibility index (Phi) is 5.14. The highest BCUT2D eigenvalue weighted by molar-refractivity contribution is 9.10. The Bertz CT molecular complexity index is 1420. The van der Waals surface area contributed by atoms with Gasteiger partial charge >= 0.3 is 0 Å². The number of aryl methyl sites for hydroxylation is 2. The van der Waals surface area contributed by atoms with Crippen molar-refractivity contribution in [3.8, 4) is 5.75 Å². The second-order valence-corrected chi connectivity index (χ2v) is 9.63. The minimum atomic E-state index is -0.664. The van der Waals surface area contributed by atoms with Gasteiger partial charge in [-0.25, -0.2) is 4.98 Å². The fourth-order valence-electron chi connectivity index (χ4n) is 3.96. The van der Waals surface area contributed by atoms with Gasteiger partial charge in [-0.1, -0.05) is 28.1 Å². The molecular weight excluding hydrogens is 492 g/mol. The molecule has 162 valence electrons. The lowest BCUT2D eigenvalue weighted by atomic mass is 9.98. The average molecular weight is 511 g/mol. The number of ether oxygens (including phenoxy) is 1. The predicted octanol–water partition coefficient (Wildman–Crippen LogP) is 5.78. The van der Waals surface area contributed by atoms with Crippen LogP contribution in [0.15, 0.2) is 56.1 Å². The summed E-state index contributed by atoms with van der Waals surface area (Å²) in [6.45, 7) is 6.29. The Morgan fingerprint density at radius 1 is 1.19 bits per heavy atom. The van der Waals surface area contributed by atoms with E-state index in [-0.39, 0.29) is 17.1 Å². The van der Waals surface area contributed by atoms with Gasteiger partial charge < -0.3 is 9.15 Å². The fourth-order valence-corrected chi connectivity index (χ4v) is 5.26. The molecule has 6 nitrogen and oxygen atoms in total. The van der Waals surface area contributed by atoms with Gasteiger partial charge in [-0.05, 0) is 56.7 Å². The van der Waals surface area contributed by atoms with E-state index in [0.29, 0.717) is 34.0 Å². The number of benzene rings is 2. The van der Waals surface area contributed by atoms with E-state index >= 15 is 0 Å². The Balaban J connectivity index is 1.80. The van der Waals surface area contributed by atoms with E-state index in [9.17, 15) is 9.59 Å². The molecule has 2 aromatic heterocycles. The van der Waals surface area contributed by atoms with Crippen molar-refractivity contribution in [2.75, 3.05) is 11.5 Å². The number of fused-ring (bicyclic) bond motifs is 2. The molecule has 3 heterocycles. The first-order chi connectivity index (χ1) is 15.4. The molecule has 1 atom stereocenters. The molecule has 0 aliphatic carbocycles. The highest BCUT2D eigenvalue weighted by Gasteiger charge is 2.45. The summed E-state index contributed by atoms with van der Waals surface area (Å²) in [5, 5.41) is 0.957. The molecule has 0 fully saturated rings. The van der Waals surface area contributed by atoms with E-state index in [1.807, 2.05) is 45.0 Å². The maximum atomic E-state index is 13.7. The van der Waals surface area contributed by atoms with Gasteiger partial charge in [0, 0.05) is 9.35 Å². The topological polar surface area (TPSA) is 72.6 Å². The number of aromatic nitrogens is 1. The largest absolute Gasteiger partial charge is 0.494 e. The van der Waals surface area contributed by atoms with Crippen LogP contribution in [0.4, 0.5) is 5.13 Å². The Hall–Kier alpha value is -2.97. The molecule has 1 aliphatic heterocycles. The van der Waals surface area contributed by atoms with Crippen molar-refractivity contribution in [1.29, 1.82) is 0 Å². The molecule has 0 bridgehead atoms. The minimum Gasteiger partial charge on any atom is -0.494 e. The lowest BCUT2D eigenvalue weighted by Gasteiger charge is -2.23. The molecule has 2 aromatic carbocycles. The highest BCUT2D eigenvalue weighted by Crippen LogP contribution is 2.43. The molecule has 1 aliphatic rings. The zero-order valence-corrected chi connectivity index (χ0v) is 20.0. The number of carbonyl (C=O) groups excluding carboxylic acids is 1. The van der Waals surface area contributed by atoms with Crippen molar-refractivity contribution in [2.45, 2.75) is 26.8 Å². The molecule has 4 aromatic rings. The van der Waals surface area contributed by atoms with Crippen LogP contribution in [-0.4, -0.2) is 17.5 Å². The van der Waals surface area contributed by atoms with Gasteiger partial charge in [0.1, 0.15) is 11.3 Å². The number of hydrogen-bond donors (Lipinski definition) is 0. The third-order valence-corrected chi connectivity index (χ3v) is 7.11. The third-order valence-electron chi connectivity index (χ3n) is 5.54. The first kappa shape index (κ1) is 20.9. The number of halogens is 1. The van der Waals surface area contributed by atoms with Crippen molar-refractivity contribution in [3.05, 3.63) is 84.6 Å². The van der Waals surface area contributed by atoms with E-state index in [1.54, 1.807) is 23.1 Å². The molecule has 0 N–H and O–H groups in total. The number of nitrogens with zero attached hydrogens (tertiary/aromatic N) is 2. The first-order valence-corrected chi connectivity index (χ1v) is 11.8. The van der Waals surface area contributed by atoms with Crippen LogP contribution in [0.2, 0.25) is 0 Å². The van der Waals surface area contributed by atoms with Gasteiger partial charge in [0.2, 0.25) is 5.76 Å². The fraction of sp³-hybridized carbons (Fsp3) is 0.208. The van der Waals surface area contributed by atoms with E-state index in [2.05, 4.69) is 20.9 Å². The summed E-state index contributed by atoms with van der Waals surface area (Å²) < 4.78 is 12.4. The highest BCUT2D eigenvalue weighted by atomic mass is 79.9. The second-order valence-electron chi connectivity index (χ2n) is 7.54. The lowest BCUT2D eigenvalue weighted by molar-refractivity contribution is 0.0971. The maximum absolute atomic E-state index is 13.7. The standard InChI is InChI=1S/C24H19BrN2O4S/c1-4-30-16-7-5-6-14(10-16)20-19-21(28)17-11-15(25)8-9-18(17)31-22(19)23(29)27(20)24-26-12(2)13(3)32-24/h5-11,20H,4H2,1-3H3. The number of thiazole rings is 1. The first-order valence-electron chi connectivity index (χ1n) is 10.2. The van der Waals surface area contributed by atoms with E-state index in [1.165, 1.54) is 11.3 Å². The summed E-state index contributed by atoms with van der Waals surface area (Å²) in [4.78, 5) is 34.4. The number of amides is 1. The zero-order chi connectivity index (χ0) is 22.6. The van der Waals surface area contributed by atoms with Gasteiger partial charge in [-0.3, -0.25) is 14.5 Å². The molecule has 0 spiro atoms. The van der Waals surface area contributed by atoms with E-state index < -0.39 is 6.04 Å². The normalized spacial score (nSPS) is 15.4. The van der Waals surface area contributed by atoms with Crippen molar-refractivity contribution in [3.63, 3.8) is 0 Å². The lowest BCUT2D eigenvalue weighted by Crippen LogP contribution is -2.29. The van der Waals surface area contributed by atoms with Crippen LogP contribution in [0.3, 0.4) is 0 Å². The number of rotatable bonds is 4. The predicted molar refractivity (Wildman–Crippen MR) is 128 cm³/mol. The molecule has 8 heteroatoms. The number of hydrogen-bond acceptors (Lipinski definition) is 6. The van der Waals surface area contributed by atoms with Gasteiger partial charge in [0.15, 0.2) is 10.6 Å². The average Bonchev–Trinajstić information content (AvgIpc) is 3.25. The molecule has 0 radical (unpaired) electrons. The molecule has 0 saturated heterocycles. The van der Waals surface area contributed by atoms with Crippen LogP contribution >= 0.6 is 27.3 Å². The Morgan fingerprint density at radius 3 is 2.72 bits per heavy atom. The summed E-state index contributed by atoms with van der Waals surface area (Å²) in [6.07, 6.45) is 0. The van der Waals surface area contributed by atoms with Crippen LogP contribution in [0.5, 0.6) is 5.75 Å². The van der Waals surface area contributed by atoms with Gasteiger partial charge in [-0.15, -0.1) is 11.3 Å². The summed E-state index contributed by atoms with van der Waals surface area (Å²) >= 11 is 4.85. The quantitative estimate of drug-likeness (QED) is 0.348. The zero-order valence-electron chi connectivity index (χ0n) is 17.6. The second kappa shape index (κ2) is 7.86. The van der Waals surface area contributed by atoms with Crippen molar-refractivity contribution >= 4 is 49.3 Å². The smallest absolute Gasteiger partial charge is 0.297 e. The van der Waals surface area contributed by atoms with Crippen molar-refractivity contribution in [1.82, 2.24) is 4.98 Å². The Labute approximate surface area is 196 Å². The number of carbonyl (C=O) groups is 1. The van der Waals surface area contributed by atoms with Crippen LogP contribution in [0.1, 0.15) is 45.2 Å². The van der Waals surface area contributed by atoms with Gasteiger partial charge in [0.25, 0.3) is 5.91 Å². The van der Waals surface area contributed by atoms with Gasteiger partial charge in [0.05, 0.1) is 29.3 Å². The molecular formula is C24H19BrN2O4S. The summed E-state index contributed by atoms with van der Waals surface area (Å²) in [5.41, 5.74) is 2.08. The van der Waals surface area contributed by atoms with Crippen molar-refractivity contribution in [2.24, 2.45) is 0 Å². The monoisotopic (exact) mass is 510 g/mol.